The lowest BCUT2D eigenvalue weighted by atomic mass is 9.98. The molecule has 0 heterocycles. The van der Waals surface area contributed by atoms with Crippen molar-refractivity contribution >= 4 is 17.6 Å². The Kier molecular flexibility index (Phi) is 7.21. The first kappa shape index (κ1) is 21.5. The number of hydrogen-bond acceptors (Lipinski definition) is 4. The van der Waals surface area contributed by atoms with Gasteiger partial charge in [0.1, 0.15) is 5.75 Å². The lowest BCUT2D eigenvalue weighted by molar-refractivity contribution is -0.155. The number of hydrogen-bond donors (Lipinski definition) is 1. The second-order valence-electron chi connectivity index (χ2n) is 7.35. The number of amides is 1. The van der Waals surface area contributed by atoms with Crippen LogP contribution in [0.5, 0.6) is 5.75 Å². The molecule has 1 amide bonds. The molecule has 0 radical (unpaired) electrons. The van der Waals surface area contributed by atoms with Gasteiger partial charge in [-0.2, -0.15) is 0 Å². The number of carbonyl (C=O) groups is 2. The molecule has 2 aromatic rings. The number of ether oxygens (including phenoxy) is 2. The molecular formula is C23H29NO4. The van der Waals surface area contributed by atoms with E-state index in [4.69, 9.17) is 9.47 Å². The van der Waals surface area contributed by atoms with Crippen molar-refractivity contribution in [3.63, 3.8) is 0 Å². The van der Waals surface area contributed by atoms with E-state index < -0.39 is 12.1 Å². The minimum Gasteiger partial charge on any atom is -0.482 e. The highest BCUT2D eigenvalue weighted by molar-refractivity contribution is 5.96. The van der Waals surface area contributed by atoms with Crippen molar-refractivity contribution in [2.24, 2.45) is 0 Å². The van der Waals surface area contributed by atoms with Crippen LogP contribution >= 0.6 is 0 Å². The molecular weight excluding hydrogens is 354 g/mol. The molecule has 0 saturated carbocycles. The molecule has 150 valence electrons. The first-order valence-corrected chi connectivity index (χ1v) is 9.49. The average Bonchev–Trinajstić information content (AvgIpc) is 2.62. The van der Waals surface area contributed by atoms with Crippen LogP contribution in [0.3, 0.4) is 0 Å². The molecule has 0 saturated heterocycles. The van der Waals surface area contributed by atoms with Crippen molar-refractivity contribution in [2.45, 2.75) is 53.6 Å². The molecule has 0 spiro atoms. The second kappa shape index (κ2) is 9.40. The average molecular weight is 383 g/mol. The smallest absolute Gasteiger partial charge is 0.344 e. The van der Waals surface area contributed by atoms with E-state index in [9.17, 15) is 9.59 Å². The van der Waals surface area contributed by atoms with Gasteiger partial charge in [0.2, 0.25) is 0 Å². The molecule has 28 heavy (non-hydrogen) atoms. The maximum Gasteiger partial charge on any atom is 0.344 e. The highest BCUT2D eigenvalue weighted by atomic mass is 16.6. The number of aryl methyl sites for hydroxylation is 3. The molecule has 0 unspecified atom stereocenters. The van der Waals surface area contributed by atoms with Crippen LogP contribution in [0, 0.1) is 20.8 Å². The lowest BCUT2D eigenvalue weighted by Crippen LogP contribution is -2.32. The summed E-state index contributed by atoms with van der Waals surface area (Å²) in [7, 11) is 0. The van der Waals surface area contributed by atoms with Gasteiger partial charge in [-0.3, -0.25) is 4.79 Å². The van der Waals surface area contributed by atoms with Crippen LogP contribution < -0.4 is 10.1 Å². The zero-order chi connectivity index (χ0) is 20.8. The number of nitrogens with one attached hydrogen (secondary N) is 1. The predicted octanol–water partition coefficient (Wildman–Crippen LogP) is 4.68. The Morgan fingerprint density at radius 1 is 0.964 bits per heavy atom. The second-order valence-corrected chi connectivity index (χ2v) is 7.35. The maximum absolute atomic E-state index is 12.3. The quantitative estimate of drug-likeness (QED) is 0.705. The zero-order valence-electron chi connectivity index (χ0n) is 17.5. The molecule has 1 N–H and O–H groups in total. The van der Waals surface area contributed by atoms with Crippen LogP contribution in [-0.4, -0.2) is 24.6 Å². The number of rotatable bonds is 7. The van der Waals surface area contributed by atoms with Gasteiger partial charge in [0.25, 0.3) is 5.91 Å². The summed E-state index contributed by atoms with van der Waals surface area (Å²) >= 11 is 0. The summed E-state index contributed by atoms with van der Waals surface area (Å²) < 4.78 is 10.7. The van der Waals surface area contributed by atoms with Gasteiger partial charge in [-0.05, 0) is 68.0 Å². The van der Waals surface area contributed by atoms with Crippen molar-refractivity contribution in [3.05, 3.63) is 58.7 Å². The Morgan fingerprint density at radius 3 is 2.18 bits per heavy atom. The summed E-state index contributed by atoms with van der Waals surface area (Å²) in [6.07, 6.45) is -0.917. The van der Waals surface area contributed by atoms with E-state index in [0.717, 1.165) is 22.4 Å². The van der Waals surface area contributed by atoms with Gasteiger partial charge in [-0.25, -0.2) is 4.79 Å². The summed E-state index contributed by atoms with van der Waals surface area (Å²) in [4.78, 5) is 24.4. The normalized spacial score (nSPS) is 11.8. The van der Waals surface area contributed by atoms with E-state index in [2.05, 4.69) is 19.2 Å². The van der Waals surface area contributed by atoms with Gasteiger partial charge in [-0.1, -0.05) is 38.1 Å². The van der Waals surface area contributed by atoms with Crippen molar-refractivity contribution in [1.82, 2.24) is 0 Å². The van der Waals surface area contributed by atoms with Crippen LogP contribution in [0.1, 0.15) is 48.9 Å². The summed E-state index contributed by atoms with van der Waals surface area (Å²) in [5.74, 6) is 0.0689. The Bertz CT molecular complexity index is 837. The maximum atomic E-state index is 12.3. The van der Waals surface area contributed by atoms with Gasteiger partial charge >= 0.3 is 5.97 Å². The summed E-state index contributed by atoms with van der Waals surface area (Å²) in [6, 6.07) is 11.5. The molecule has 5 nitrogen and oxygen atoms in total. The van der Waals surface area contributed by atoms with Crippen molar-refractivity contribution in [2.75, 3.05) is 11.9 Å². The number of benzene rings is 2. The topological polar surface area (TPSA) is 64.6 Å². The summed E-state index contributed by atoms with van der Waals surface area (Å²) in [5, 5.41) is 2.82. The van der Waals surface area contributed by atoms with Crippen LogP contribution in [0.2, 0.25) is 0 Å². The van der Waals surface area contributed by atoms with Crippen molar-refractivity contribution in [3.8, 4) is 5.75 Å². The Morgan fingerprint density at radius 2 is 1.61 bits per heavy atom. The fourth-order valence-corrected chi connectivity index (χ4v) is 3.05. The van der Waals surface area contributed by atoms with Gasteiger partial charge in [0.05, 0.1) is 0 Å². The number of esters is 1. The third-order valence-corrected chi connectivity index (χ3v) is 4.63. The molecule has 0 aliphatic heterocycles. The minimum absolute atomic E-state index is 0.249. The van der Waals surface area contributed by atoms with E-state index in [0.29, 0.717) is 11.7 Å². The SMILES string of the molecule is Cc1cc(OCC(=O)O[C@@H](C)C(=O)Nc2c(C)cccc2C)ccc1C(C)C. The molecule has 1 atom stereocenters. The molecule has 0 aliphatic carbocycles. The lowest BCUT2D eigenvalue weighted by Gasteiger charge is -2.16. The monoisotopic (exact) mass is 383 g/mol. The molecule has 5 heteroatoms. The Hall–Kier alpha value is -2.82. The summed E-state index contributed by atoms with van der Waals surface area (Å²) in [6.45, 7) is 11.4. The first-order valence-electron chi connectivity index (χ1n) is 9.49. The standard InChI is InChI=1S/C23H29NO4/c1-14(2)20-11-10-19(12-17(20)5)27-13-21(25)28-18(6)23(26)24-22-15(3)8-7-9-16(22)4/h7-12,14,18H,13H2,1-6H3,(H,24,26)/t18-/m0/s1. The molecule has 2 rings (SSSR count). The van der Waals surface area contributed by atoms with Gasteiger partial charge in [0.15, 0.2) is 12.7 Å². The van der Waals surface area contributed by atoms with Crippen LogP contribution in [0.15, 0.2) is 36.4 Å². The zero-order valence-corrected chi connectivity index (χ0v) is 17.5. The molecule has 0 aromatic heterocycles. The fraction of sp³-hybridized carbons (Fsp3) is 0.391. The van der Waals surface area contributed by atoms with E-state index >= 15 is 0 Å². The molecule has 0 aliphatic rings. The Labute approximate surface area is 167 Å². The third kappa shape index (κ3) is 5.59. The highest BCUT2D eigenvalue weighted by Gasteiger charge is 2.19. The number of anilines is 1. The van der Waals surface area contributed by atoms with E-state index in [1.165, 1.54) is 5.56 Å². The van der Waals surface area contributed by atoms with Crippen LogP contribution in [0.25, 0.3) is 0 Å². The van der Waals surface area contributed by atoms with Crippen molar-refractivity contribution in [1.29, 1.82) is 0 Å². The van der Waals surface area contributed by atoms with Gasteiger partial charge < -0.3 is 14.8 Å². The Balaban J connectivity index is 1.88. The minimum atomic E-state index is -0.917. The van der Waals surface area contributed by atoms with Crippen LogP contribution in [-0.2, 0) is 14.3 Å². The highest BCUT2D eigenvalue weighted by Crippen LogP contribution is 2.23. The predicted molar refractivity (Wildman–Crippen MR) is 111 cm³/mol. The van der Waals surface area contributed by atoms with E-state index in [1.807, 2.05) is 57.2 Å². The van der Waals surface area contributed by atoms with E-state index in [-0.39, 0.29) is 12.5 Å². The fourth-order valence-electron chi connectivity index (χ4n) is 3.05. The van der Waals surface area contributed by atoms with Gasteiger partial charge in [0, 0.05) is 5.69 Å². The van der Waals surface area contributed by atoms with Crippen LogP contribution in [0.4, 0.5) is 5.69 Å². The van der Waals surface area contributed by atoms with Crippen molar-refractivity contribution < 1.29 is 19.1 Å². The van der Waals surface area contributed by atoms with E-state index in [1.54, 1.807) is 6.92 Å². The first-order chi connectivity index (χ1) is 13.2. The third-order valence-electron chi connectivity index (χ3n) is 4.63. The largest absolute Gasteiger partial charge is 0.482 e. The summed E-state index contributed by atoms with van der Waals surface area (Å²) in [5.41, 5.74) is 5.01. The molecule has 0 bridgehead atoms. The van der Waals surface area contributed by atoms with Gasteiger partial charge in [-0.15, -0.1) is 0 Å². The molecule has 2 aromatic carbocycles. The number of para-hydroxylation sites is 1. The number of carbonyl (C=O) groups excluding carboxylic acids is 2. The molecule has 0 fully saturated rings.